The van der Waals surface area contributed by atoms with Crippen LogP contribution in [0.25, 0.3) is 16.7 Å². The van der Waals surface area contributed by atoms with E-state index in [9.17, 15) is 28.0 Å². The molecule has 0 saturated carbocycles. The number of benzene rings is 2. The first-order valence-electron chi connectivity index (χ1n) is 20.8. The van der Waals surface area contributed by atoms with E-state index in [4.69, 9.17) is 4.98 Å². The summed E-state index contributed by atoms with van der Waals surface area (Å²) in [7, 11) is 1.70. The highest BCUT2D eigenvalue weighted by Gasteiger charge is 2.33. The maximum atomic E-state index is 15.1. The van der Waals surface area contributed by atoms with Crippen LogP contribution in [-0.2, 0) is 16.6 Å². The molecular formula is C43H50F3N9O4. The fourth-order valence-electron chi connectivity index (χ4n) is 9.14. The van der Waals surface area contributed by atoms with Crippen LogP contribution in [0.3, 0.4) is 0 Å². The Morgan fingerprint density at radius 2 is 1.75 bits per heavy atom. The fourth-order valence-corrected chi connectivity index (χ4v) is 9.14. The van der Waals surface area contributed by atoms with Crippen molar-refractivity contribution in [2.24, 2.45) is 7.05 Å². The number of hydrogen-bond donors (Lipinski definition) is 2. The van der Waals surface area contributed by atoms with Gasteiger partial charge in [-0.25, -0.2) is 27.5 Å². The predicted molar refractivity (Wildman–Crippen MR) is 216 cm³/mol. The molecule has 3 amide bonds. The molecule has 0 aliphatic carbocycles. The van der Waals surface area contributed by atoms with E-state index >= 15 is 4.39 Å². The molecule has 6 heterocycles. The summed E-state index contributed by atoms with van der Waals surface area (Å²) in [6.45, 7) is 3.07. The number of amides is 3. The van der Waals surface area contributed by atoms with E-state index in [1.54, 1.807) is 23.9 Å². The number of rotatable bonds is 14. The summed E-state index contributed by atoms with van der Waals surface area (Å²) < 4.78 is 48.3. The fraction of sp³-hybridized carbons (Fsp3) is 0.488. The van der Waals surface area contributed by atoms with Gasteiger partial charge in [-0.05, 0) is 106 Å². The van der Waals surface area contributed by atoms with Crippen LogP contribution in [-0.4, -0.2) is 85.2 Å². The Morgan fingerprint density at radius 3 is 2.56 bits per heavy atom. The summed E-state index contributed by atoms with van der Waals surface area (Å²) in [5.74, 6) is -1.16. The molecule has 0 spiro atoms. The van der Waals surface area contributed by atoms with E-state index in [-0.39, 0.29) is 35.9 Å². The van der Waals surface area contributed by atoms with Crippen LogP contribution in [0.5, 0.6) is 0 Å². The van der Waals surface area contributed by atoms with Gasteiger partial charge in [-0.1, -0.05) is 25.3 Å². The number of hydrogen-bond acceptors (Lipinski definition) is 8. The highest BCUT2D eigenvalue weighted by Crippen LogP contribution is 2.37. The van der Waals surface area contributed by atoms with Gasteiger partial charge in [-0.2, -0.15) is 5.10 Å². The SMILES string of the molecule is Cn1c(=O)n(C2CCC(=O)NC2=O)c2ccc(C3CCN(CC(F)CCCCCCNC(=O)c4cnn5ccc(N6CCCC6c6cc(F)ccc6F)nc45)CC3)cc21. The molecule has 3 saturated heterocycles. The smallest absolute Gasteiger partial charge is 0.329 e. The first kappa shape index (κ1) is 40.3. The van der Waals surface area contributed by atoms with Crippen LogP contribution in [0.15, 0.2) is 59.7 Å². The van der Waals surface area contributed by atoms with E-state index in [1.807, 2.05) is 23.1 Å². The largest absolute Gasteiger partial charge is 0.352 e. The number of carbonyl (C=O) groups excluding carboxylic acids is 3. The Balaban J connectivity index is 0.750. The Hall–Kier alpha value is -5.51. The van der Waals surface area contributed by atoms with Crippen molar-refractivity contribution in [1.29, 1.82) is 0 Å². The summed E-state index contributed by atoms with van der Waals surface area (Å²) in [5.41, 5.74) is 3.27. The van der Waals surface area contributed by atoms with Crippen molar-refractivity contribution in [3.8, 4) is 0 Å². The van der Waals surface area contributed by atoms with Crippen LogP contribution >= 0.6 is 0 Å². The summed E-state index contributed by atoms with van der Waals surface area (Å²) in [6.07, 6.45) is 9.71. The highest BCUT2D eigenvalue weighted by atomic mass is 19.1. The van der Waals surface area contributed by atoms with Crippen molar-refractivity contribution < 1.29 is 27.6 Å². The Bertz CT molecular complexity index is 2420. The Morgan fingerprint density at radius 1 is 0.932 bits per heavy atom. The summed E-state index contributed by atoms with van der Waals surface area (Å²) in [5, 5.41) is 9.59. The van der Waals surface area contributed by atoms with Crippen LogP contribution in [0.2, 0.25) is 0 Å². The molecule has 16 heteroatoms. The van der Waals surface area contributed by atoms with E-state index in [0.29, 0.717) is 67.0 Å². The van der Waals surface area contributed by atoms with Crippen molar-refractivity contribution in [2.75, 3.05) is 37.6 Å². The number of unbranched alkanes of at least 4 members (excludes halogenated alkanes) is 3. The van der Waals surface area contributed by atoms with Crippen molar-refractivity contribution in [1.82, 2.24) is 39.3 Å². The molecule has 3 aromatic heterocycles. The van der Waals surface area contributed by atoms with Crippen molar-refractivity contribution in [3.05, 3.63) is 93.7 Å². The maximum Gasteiger partial charge on any atom is 0.329 e. The van der Waals surface area contributed by atoms with Crippen LogP contribution in [0, 0.1) is 11.6 Å². The number of anilines is 1. The van der Waals surface area contributed by atoms with Gasteiger partial charge in [0.25, 0.3) is 5.91 Å². The van der Waals surface area contributed by atoms with Gasteiger partial charge in [-0.15, -0.1) is 0 Å². The molecule has 3 fully saturated rings. The minimum atomic E-state index is -0.916. The van der Waals surface area contributed by atoms with E-state index in [0.717, 1.165) is 81.2 Å². The van der Waals surface area contributed by atoms with Crippen molar-refractivity contribution >= 4 is 40.2 Å². The molecule has 3 unspecified atom stereocenters. The third-order valence-corrected chi connectivity index (χ3v) is 12.3. The zero-order chi connectivity index (χ0) is 41.2. The first-order valence-corrected chi connectivity index (χ1v) is 20.8. The number of imide groups is 1. The number of nitrogens with one attached hydrogen (secondary N) is 2. The molecule has 3 atom stereocenters. The first-order chi connectivity index (χ1) is 28.5. The van der Waals surface area contributed by atoms with Gasteiger partial charge in [0.05, 0.1) is 23.3 Å². The summed E-state index contributed by atoms with van der Waals surface area (Å²) in [6, 6.07) is 10.1. The lowest BCUT2D eigenvalue weighted by Gasteiger charge is -2.33. The third-order valence-electron chi connectivity index (χ3n) is 12.3. The monoisotopic (exact) mass is 813 g/mol. The lowest BCUT2D eigenvalue weighted by molar-refractivity contribution is -0.135. The lowest BCUT2D eigenvalue weighted by atomic mass is 9.89. The minimum absolute atomic E-state index is 0.194. The number of alkyl halides is 1. The predicted octanol–water partition coefficient (Wildman–Crippen LogP) is 5.88. The molecule has 3 aliphatic rings. The molecule has 8 rings (SSSR count). The number of halogens is 3. The van der Waals surface area contributed by atoms with E-state index in [2.05, 4.69) is 20.6 Å². The second kappa shape index (κ2) is 17.4. The van der Waals surface area contributed by atoms with Crippen molar-refractivity contribution in [2.45, 2.75) is 94.8 Å². The molecule has 312 valence electrons. The minimum Gasteiger partial charge on any atom is -0.352 e. The molecule has 0 bridgehead atoms. The molecule has 13 nitrogen and oxygen atoms in total. The standard InChI is InChI=1S/C43H50F3N9O4/c1-51-37-23-28(9-12-35(37)55(43(51)59)36-13-14-39(56)50-42(36)58)27-15-20-52(21-16-27)26-30(45)7-4-2-3-5-18-47-41(57)32-25-48-54-22-17-38(49-40(32)54)53-19-6-8-34(53)31-24-29(44)10-11-33(31)46/h9-12,17,22-25,27,30,34,36H,2-8,13-16,18-21,26H2,1H3,(H,47,57)(H,50,56,58). The average Bonchev–Trinajstić information content (AvgIpc) is 3.95. The van der Waals surface area contributed by atoms with Gasteiger partial charge in [-0.3, -0.25) is 28.8 Å². The van der Waals surface area contributed by atoms with E-state index < -0.39 is 29.8 Å². The number of imidazole rings is 1. The second-order valence-corrected chi connectivity index (χ2v) is 16.2. The third kappa shape index (κ3) is 8.50. The van der Waals surface area contributed by atoms with Gasteiger partial charge < -0.3 is 15.1 Å². The average molecular weight is 814 g/mol. The molecule has 3 aliphatic heterocycles. The Kier molecular flexibility index (Phi) is 11.9. The summed E-state index contributed by atoms with van der Waals surface area (Å²) >= 11 is 0. The van der Waals surface area contributed by atoms with Gasteiger partial charge in [0, 0.05) is 44.9 Å². The quantitative estimate of drug-likeness (QED) is 0.105. The zero-order valence-corrected chi connectivity index (χ0v) is 33.2. The number of nitrogens with zero attached hydrogens (tertiary/aromatic N) is 7. The van der Waals surface area contributed by atoms with Crippen LogP contribution in [0.4, 0.5) is 19.0 Å². The van der Waals surface area contributed by atoms with Crippen LogP contribution in [0.1, 0.15) is 110 Å². The van der Waals surface area contributed by atoms with Crippen molar-refractivity contribution in [3.63, 3.8) is 0 Å². The number of fused-ring (bicyclic) bond motifs is 2. The molecule has 2 aromatic carbocycles. The molecule has 59 heavy (non-hydrogen) atoms. The number of piperidine rings is 2. The number of carbonyl (C=O) groups is 3. The molecule has 2 N–H and O–H groups in total. The van der Waals surface area contributed by atoms with Gasteiger partial charge in [0.2, 0.25) is 11.8 Å². The highest BCUT2D eigenvalue weighted by molar-refractivity contribution is 6.00. The topological polar surface area (TPSA) is 139 Å². The summed E-state index contributed by atoms with van der Waals surface area (Å²) in [4.78, 5) is 59.4. The number of aromatic nitrogens is 5. The Labute approximate surface area is 339 Å². The lowest BCUT2D eigenvalue weighted by Crippen LogP contribution is -2.44. The zero-order valence-electron chi connectivity index (χ0n) is 33.2. The van der Waals surface area contributed by atoms with Gasteiger partial charge in [0.15, 0.2) is 5.65 Å². The van der Waals surface area contributed by atoms with Gasteiger partial charge in [0.1, 0.15) is 35.2 Å². The second-order valence-electron chi connectivity index (χ2n) is 16.2. The molecule has 0 radical (unpaired) electrons. The normalized spacial score (nSPS) is 19.8. The number of aryl methyl sites for hydroxylation is 1. The maximum absolute atomic E-state index is 15.1. The van der Waals surface area contributed by atoms with Crippen LogP contribution < -0.4 is 21.2 Å². The van der Waals surface area contributed by atoms with E-state index in [1.165, 1.54) is 21.3 Å². The van der Waals surface area contributed by atoms with Gasteiger partial charge >= 0.3 is 5.69 Å². The number of likely N-dealkylation sites (tertiary alicyclic amines) is 1. The molecule has 5 aromatic rings. The molecular weight excluding hydrogens is 764 g/mol.